The molecule has 0 radical (unpaired) electrons. The second kappa shape index (κ2) is 6.37. The summed E-state index contributed by atoms with van der Waals surface area (Å²) in [4.78, 5) is 34.4. The number of nitrogens with one attached hydrogen (secondary N) is 1. The molecule has 0 aliphatic heterocycles. The van der Waals surface area contributed by atoms with Gasteiger partial charge in [-0.2, -0.15) is 13.2 Å². The molecule has 0 unspecified atom stereocenters. The first-order chi connectivity index (χ1) is 9.24. The minimum Gasteiger partial charge on any atom is -0.345 e. The van der Waals surface area contributed by atoms with E-state index in [1.807, 2.05) is 0 Å². The number of amides is 1. The second-order valence-electron chi connectivity index (χ2n) is 3.90. The summed E-state index contributed by atoms with van der Waals surface area (Å²) in [5, 5.41) is 1.63. The Bertz CT molecular complexity index is 591. The topological polar surface area (TPSA) is 99.1 Å². The van der Waals surface area contributed by atoms with Gasteiger partial charge >= 0.3 is 11.9 Å². The van der Waals surface area contributed by atoms with Crippen molar-refractivity contribution in [3.05, 3.63) is 33.1 Å². The van der Waals surface area contributed by atoms with Gasteiger partial charge in [-0.25, -0.2) is 4.79 Å². The molecular formula is C10H13F3N4O3. The molecule has 20 heavy (non-hydrogen) atoms. The van der Waals surface area contributed by atoms with Crippen LogP contribution in [0.4, 0.5) is 13.2 Å². The van der Waals surface area contributed by atoms with Crippen LogP contribution < -0.4 is 22.3 Å². The van der Waals surface area contributed by atoms with Crippen LogP contribution in [0.5, 0.6) is 0 Å². The van der Waals surface area contributed by atoms with Gasteiger partial charge in [-0.05, 0) is 0 Å². The van der Waals surface area contributed by atoms with Crippen LogP contribution in [0.2, 0.25) is 0 Å². The molecule has 7 nitrogen and oxygen atoms in total. The van der Waals surface area contributed by atoms with Crippen LogP contribution in [0, 0.1) is 0 Å². The van der Waals surface area contributed by atoms with Gasteiger partial charge in [0.2, 0.25) is 5.91 Å². The Kier molecular flexibility index (Phi) is 5.08. The van der Waals surface area contributed by atoms with Crippen molar-refractivity contribution in [2.45, 2.75) is 19.3 Å². The summed E-state index contributed by atoms with van der Waals surface area (Å²) in [6.45, 7) is -2.09. The van der Waals surface area contributed by atoms with E-state index in [1.165, 1.54) is 0 Å². The Hall–Kier alpha value is -2.10. The number of carbonyl (C=O) groups is 1. The fourth-order valence-corrected chi connectivity index (χ4v) is 1.42. The summed E-state index contributed by atoms with van der Waals surface area (Å²) in [5.41, 5.74) is 3.84. The molecule has 1 aromatic heterocycles. The molecule has 0 atom stereocenters. The normalized spacial score (nSPS) is 11.4. The fraction of sp³-hybridized carbons (Fsp3) is 0.500. The SMILES string of the molecule is NCCn1c(=O)ccn(CC(=O)NCC(F)(F)F)c1=O. The maximum atomic E-state index is 11.9. The second-order valence-corrected chi connectivity index (χ2v) is 3.90. The van der Waals surface area contributed by atoms with Gasteiger partial charge < -0.3 is 11.1 Å². The van der Waals surface area contributed by atoms with Crippen molar-refractivity contribution in [2.75, 3.05) is 13.1 Å². The van der Waals surface area contributed by atoms with Crippen molar-refractivity contribution in [3.8, 4) is 0 Å². The van der Waals surface area contributed by atoms with E-state index in [1.54, 1.807) is 5.32 Å². The van der Waals surface area contributed by atoms with E-state index in [0.29, 0.717) is 0 Å². The summed E-state index contributed by atoms with van der Waals surface area (Å²) >= 11 is 0. The predicted molar refractivity (Wildman–Crippen MR) is 63.1 cm³/mol. The van der Waals surface area contributed by atoms with E-state index < -0.39 is 36.4 Å². The molecule has 0 spiro atoms. The molecule has 3 N–H and O–H groups in total. The lowest BCUT2D eigenvalue weighted by atomic mass is 10.5. The molecule has 0 saturated heterocycles. The molecule has 1 rings (SSSR count). The smallest absolute Gasteiger partial charge is 0.345 e. The zero-order chi connectivity index (χ0) is 15.3. The molecule has 0 fully saturated rings. The number of nitrogens with zero attached hydrogens (tertiary/aromatic N) is 2. The Balaban J connectivity index is 2.83. The molecule has 0 aliphatic rings. The molecular weight excluding hydrogens is 281 g/mol. The van der Waals surface area contributed by atoms with Crippen LogP contribution in [-0.4, -0.2) is 34.3 Å². The van der Waals surface area contributed by atoms with Crippen molar-refractivity contribution in [1.29, 1.82) is 0 Å². The Morgan fingerprint density at radius 1 is 1.35 bits per heavy atom. The first-order valence-corrected chi connectivity index (χ1v) is 5.58. The highest BCUT2D eigenvalue weighted by atomic mass is 19.4. The number of nitrogens with two attached hydrogens (primary N) is 1. The molecule has 1 heterocycles. The number of hydrogen-bond acceptors (Lipinski definition) is 4. The number of rotatable bonds is 5. The number of carbonyl (C=O) groups excluding carboxylic acids is 1. The highest BCUT2D eigenvalue weighted by molar-refractivity contribution is 5.75. The molecule has 1 amide bonds. The van der Waals surface area contributed by atoms with Gasteiger partial charge in [0, 0.05) is 25.4 Å². The van der Waals surface area contributed by atoms with E-state index in [9.17, 15) is 27.6 Å². The van der Waals surface area contributed by atoms with Crippen molar-refractivity contribution >= 4 is 5.91 Å². The number of halogens is 3. The summed E-state index contributed by atoms with van der Waals surface area (Å²) in [5.74, 6) is -0.984. The van der Waals surface area contributed by atoms with Gasteiger partial charge in [-0.15, -0.1) is 0 Å². The summed E-state index contributed by atoms with van der Waals surface area (Å²) in [6, 6.07) is 1.04. The molecule has 0 aliphatic carbocycles. The molecule has 10 heteroatoms. The highest BCUT2D eigenvalue weighted by Crippen LogP contribution is 2.11. The third kappa shape index (κ3) is 4.53. The van der Waals surface area contributed by atoms with Crippen molar-refractivity contribution in [2.24, 2.45) is 5.73 Å². The van der Waals surface area contributed by atoms with E-state index in [0.717, 1.165) is 21.4 Å². The molecule has 0 saturated carbocycles. The number of alkyl halides is 3. The Morgan fingerprint density at radius 2 is 2.00 bits per heavy atom. The van der Waals surface area contributed by atoms with Crippen molar-refractivity contribution in [1.82, 2.24) is 14.5 Å². The zero-order valence-corrected chi connectivity index (χ0v) is 10.3. The van der Waals surface area contributed by atoms with Gasteiger partial charge in [0.1, 0.15) is 13.1 Å². The monoisotopic (exact) mass is 294 g/mol. The first kappa shape index (κ1) is 16.0. The number of aromatic nitrogens is 2. The van der Waals surface area contributed by atoms with E-state index in [-0.39, 0.29) is 13.1 Å². The molecule has 1 aromatic rings. The van der Waals surface area contributed by atoms with Crippen LogP contribution in [0.25, 0.3) is 0 Å². The molecule has 0 bridgehead atoms. The minimum atomic E-state index is -4.53. The van der Waals surface area contributed by atoms with Crippen LogP contribution in [0.3, 0.4) is 0 Å². The Labute approximate surface area is 110 Å². The van der Waals surface area contributed by atoms with Gasteiger partial charge in [0.25, 0.3) is 5.56 Å². The highest BCUT2D eigenvalue weighted by Gasteiger charge is 2.27. The predicted octanol–water partition coefficient (Wildman–Crippen LogP) is -1.35. The van der Waals surface area contributed by atoms with Gasteiger partial charge in [-0.3, -0.25) is 18.7 Å². The average Bonchev–Trinajstić information content (AvgIpc) is 2.35. The lowest BCUT2D eigenvalue weighted by Gasteiger charge is -2.10. The zero-order valence-electron chi connectivity index (χ0n) is 10.3. The average molecular weight is 294 g/mol. The first-order valence-electron chi connectivity index (χ1n) is 5.58. The van der Waals surface area contributed by atoms with Gasteiger partial charge in [-0.1, -0.05) is 0 Å². The lowest BCUT2D eigenvalue weighted by molar-refractivity contribution is -0.138. The largest absolute Gasteiger partial charge is 0.405 e. The van der Waals surface area contributed by atoms with Crippen molar-refractivity contribution < 1.29 is 18.0 Å². The Morgan fingerprint density at radius 3 is 2.55 bits per heavy atom. The lowest BCUT2D eigenvalue weighted by Crippen LogP contribution is -2.43. The standard InChI is InChI=1S/C10H13F3N4O3/c11-10(12,13)6-15-7(18)5-16-3-1-8(19)17(4-2-14)9(16)20/h1,3H,2,4-6,14H2,(H,15,18). The van der Waals surface area contributed by atoms with Gasteiger partial charge in [0.05, 0.1) is 0 Å². The fourth-order valence-electron chi connectivity index (χ4n) is 1.42. The quantitative estimate of drug-likeness (QED) is 0.701. The maximum absolute atomic E-state index is 11.9. The van der Waals surface area contributed by atoms with E-state index >= 15 is 0 Å². The van der Waals surface area contributed by atoms with Gasteiger partial charge in [0.15, 0.2) is 0 Å². The van der Waals surface area contributed by atoms with Crippen molar-refractivity contribution in [3.63, 3.8) is 0 Å². The third-order valence-corrected chi connectivity index (χ3v) is 2.29. The van der Waals surface area contributed by atoms with Crippen LogP contribution in [-0.2, 0) is 17.9 Å². The molecule has 112 valence electrons. The van der Waals surface area contributed by atoms with Crippen LogP contribution in [0.1, 0.15) is 0 Å². The minimum absolute atomic E-state index is 0.0390. The number of hydrogen-bond donors (Lipinski definition) is 2. The maximum Gasteiger partial charge on any atom is 0.405 e. The summed E-state index contributed by atoms with van der Waals surface area (Å²) in [6.07, 6.45) is -3.48. The molecule has 0 aromatic carbocycles. The van der Waals surface area contributed by atoms with E-state index in [4.69, 9.17) is 5.73 Å². The summed E-state index contributed by atoms with van der Waals surface area (Å²) < 4.78 is 37.4. The summed E-state index contributed by atoms with van der Waals surface area (Å²) in [7, 11) is 0. The third-order valence-electron chi connectivity index (χ3n) is 2.29. The van der Waals surface area contributed by atoms with Crippen LogP contribution >= 0.6 is 0 Å². The van der Waals surface area contributed by atoms with Crippen LogP contribution in [0.15, 0.2) is 21.9 Å². The van der Waals surface area contributed by atoms with E-state index in [2.05, 4.69) is 0 Å².